The summed E-state index contributed by atoms with van der Waals surface area (Å²) in [5, 5.41) is 9.75. The molecule has 1 saturated heterocycles. The van der Waals surface area contributed by atoms with Gasteiger partial charge in [-0.25, -0.2) is 0 Å². The molecule has 1 aromatic heterocycles. The molecule has 18 heavy (non-hydrogen) atoms. The maximum atomic E-state index is 11.5. The van der Waals surface area contributed by atoms with E-state index in [1.54, 1.807) is 0 Å². The third-order valence-corrected chi connectivity index (χ3v) is 5.00. The van der Waals surface area contributed by atoms with Crippen molar-refractivity contribution in [2.75, 3.05) is 35.2 Å². The molecule has 7 heteroatoms. The number of carbonyl (C=O) groups excluding carboxylic acids is 1. The van der Waals surface area contributed by atoms with Crippen LogP contribution in [0.5, 0.6) is 0 Å². The third kappa shape index (κ3) is 2.40. The SMILES string of the molecule is N#Cc1sc(N2CCCSCC2)c(C(N)=O)c1N. The minimum Gasteiger partial charge on any atom is -0.396 e. The molecule has 1 aliphatic heterocycles. The van der Waals surface area contributed by atoms with Crippen molar-refractivity contribution in [2.45, 2.75) is 6.42 Å². The second-order valence-electron chi connectivity index (χ2n) is 3.95. The van der Waals surface area contributed by atoms with E-state index in [0.717, 1.165) is 36.0 Å². The molecule has 96 valence electrons. The van der Waals surface area contributed by atoms with Crippen LogP contribution >= 0.6 is 23.1 Å². The van der Waals surface area contributed by atoms with E-state index in [9.17, 15) is 4.79 Å². The van der Waals surface area contributed by atoms with Gasteiger partial charge < -0.3 is 16.4 Å². The van der Waals surface area contributed by atoms with Gasteiger partial charge >= 0.3 is 0 Å². The summed E-state index contributed by atoms with van der Waals surface area (Å²) in [7, 11) is 0. The zero-order chi connectivity index (χ0) is 13.1. The van der Waals surface area contributed by atoms with Gasteiger partial charge in [-0.1, -0.05) is 0 Å². The lowest BCUT2D eigenvalue weighted by molar-refractivity contribution is 0.100. The third-order valence-electron chi connectivity index (χ3n) is 2.78. The van der Waals surface area contributed by atoms with Crippen LogP contribution in [-0.2, 0) is 0 Å². The first kappa shape index (κ1) is 13.1. The van der Waals surface area contributed by atoms with E-state index < -0.39 is 5.91 Å². The lowest BCUT2D eigenvalue weighted by atomic mass is 10.2. The maximum absolute atomic E-state index is 11.5. The van der Waals surface area contributed by atoms with E-state index in [0.29, 0.717) is 10.4 Å². The van der Waals surface area contributed by atoms with Crippen molar-refractivity contribution in [3.05, 3.63) is 10.4 Å². The largest absolute Gasteiger partial charge is 0.396 e. The van der Waals surface area contributed by atoms with Crippen LogP contribution in [0.25, 0.3) is 0 Å². The number of nitrogen functional groups attached to an aromatic ring is 1. The summed E-state index contributed by atoms with van der Waals surface area (Å²) in [5.41, 5.74) is 11.7. The Morgan fingerprint density at radius 2 is 2.17 bits per heavy atom. The van der Waals surface area contributed by atoms with Gasteiger partial charge in [-0.2, -0.15) is 17.0 Å². The van der Waals surface area contributed by atoms with Gasteiger partial charge in [0.1, 0.15) is 15.9 Å². The Hall–Kier alpha value is -1.39. The summed E-state index contributed by atoms with van der Waals surface area (Å²) in [6, 6.07) is 2.02. The Balaban J connectivity index is 2.42. The fourth-order valence-electron chi connectivity index (χ4n) is 1.92. The number of hydrogen-bond donors (Lipinski definition) is 2. The first-order chi connectivity index (χ1) is 8.65. The van der Waals surface area contributed by atoms with Gasteiger partial charge in [0.25, 0.3) is 5.91 Å². The molecule has 0 saturated carbocycles. The minimum absolute atomic E-state index is 0.224. The van der Waals surface area contributed by atoms with Crippen molar-refractivity contribution in [3.8, 4) is 6.07 Å². The van der Waals surface area contributed by atoms with Crippen LogP contribution in [-0.4, -0.2) is 30.5 Å². The number of anilines is 2. The molecule has 0 unspecified atom stereocenters. The van der Waals surface area contributed by atoms with Crippen LogP contribution < -0.4 is 16.4 Å². The molecule has 2 rings (SSSR count). The first-order valence-corrected chi connectivity index (χ1v) is 7.57. The summed E-state index contributed by atoms with van der Waals surface area (Å²) in [4.78, 5) is 14.0. The number of nitriles is 1. The summed E-state index contributed by atoms with van der Waals surface area (Å²) in [6.07, 6.45) is 1.06. The second-order valence-corrected chi connectivity index (χ2v) is 6.18. The van der Waals surface area contributed by atoms with Gasteiger partial charge in [0.15, 0.2) is 0 Å². The molecule has 0 radical (unpaired) electrons. The Morgan fingerprint density at radius 3 is 2.83 bits per heavy atom. The van der Waals surface area contributed by atoms with Crippen molar-refractivity contribution < 1.29 is 4.79 Å². The summed E-state index contributed by atoms with van der Waals surface area (Å²) in [6.45, 7) is 1.73. The number of thiophene rings is 1. The monoisotopic (exact) mass is 282 g/mol. The molecule has 0 atom stereocenters. The lowest BCUT2D eigenvalue weighted by Gasteiger charge is -2.21. The number of nitrogens with zero attached hydrogens (tertiary/aromatic N) is 2. The summed E-state index contributed by atoms with van der Waals surface area (Å²) >= 11 is 3.16. The van der Waals surface area contributed by atoms with Gasteiger partial charge in [-0.15, -0.1) is 11.3 Å². The van der Waals surface area contributed by atoms with E-state index >= 15 is 0 Å². The van der Waals surface area contributed by atoms with Crippen molar-refractivity contribution in [1.82, 2.24) is 0 Å². The molecular weight excluding hydrogens is 268 g/mol. The fraction of sp³-hybridized carbons (Fsp3) is 0.455. The van der Waals surface area contributed by atoms with E-state index in [4.69, 9.17) is 16.7 Å². The molecule has 0 bridgehead atoms. The highest BCUT2D eigenvalue weighted by molar-refractivity contribution is 7.99. The van der Waals surface area contributed by atoms with Crippen molar-refractivity contribution in [3.63, 3.8) is 0 Å². The first-order valence-electron chi connectivity index (χ1n) is 5.60. The lowest BCUT2D eigenvalue weighted by Crippen LogP contribution is -2.27. The van der Waals surface area contributed by atoms with Gasteiger partial charge in [0.05, 0.1) is 11.3 Å². The smallest absolute Gasteiger partial charge is 0.253 e. The van der Waals surface area contributed by atoms with Gasteiger partial charge in [0, 0.05) is 18.8 Å². The van der Waals surface area contributed by atoms with Crippen molar-refractivity contribution >= 4 is 39.7 Å². The van der Waals surface area contributed by atoms with Gasteiger partial charge in [-0.05, 0) is 12.2 Å². The zero-order valence-electron chi connectivity index (χ0n) is 9.81. The molecule has 1 aliphatic rings. The molecule has 1 aromatic rings. The molecule has 1 fully saturated rings. The van der Waals surface area contributed by atoms with Crippen LogP contribution in [0.2, 0.25) is 0 Å². The van der Waals surface area contributed by atoms with Crippen molar-refractivity contribution in [2.24, 2.45) is 5.73 Å². The average Bonchev–Trinajstić information content (AvgIpc) is 2.54. The molecule has 0 aromatic carbocycles. The van der Waals surface area contributed by atoms with E-state index in [2.05, 4.69) is 4.90 Å². The van der Waals surface area contributed by atoms with E-state index in [1.807, 2.05) is 17.8 Å². The highest BCUT2D eigenvalue weighted by atomic mass is 32.2. The van der Waals surface area contributed by atoms with Crippen LogP contribution in [0.1, 0.15) is 21.7 Å². The number of primary amides is 1. The maximum Gasteiger partial charge on any atom is 0.253 e. The molecule has 5 nitrogen and oxygen atoms in total. The molecule has 2 heterocycles. The predicted octanol–water partition coefficient (Wildman–Crippen LogP) is 1.24. The molecule has 4 N–H and O–H groups in total. The Kier molecular flexibility index (Phi) is 3.99. The highest BCUT2D eigenvalue weighted by Crippen LogP contribution is 2.38. The topological polar surface area (TPSA) is 96.1 Å². The van der Waals surface area contributed by atoms with E-state index in [-0.39, 0.29) is 5.69 Å². The summed E-state index contributed by atoms with van der Waals surface area (Å²) < 4.78 is 0. The number of thioether (sulfide) groups is 1. The van der Waals surface area contributed by atoms with Crippen LogP contribution in [0.3, 0.4) is 0 Å². The standard InChI is InChI=1S/C11H14N4OS2/c12-6-7-9(13)8(10(14)16)11(18-7)15-2-1-4-17-5-3-15/h1-5,13H2,(H2,14,16). The van der Waals surface area contributed by atoms with Gasteiger partial charge in [-0.3, -0.25) is 4.79 Å². The molecule has 0 aliphatic carbocycles. The zero-order valence-corrected chi connectivity index (χ0v) is 11.4. The number of hydrogen-bond acceptors (Lipinski definition) is 6. The Bertz CT molecular complexity index is 498. The van der Waals surface area contributed by atoms with Crippen LogP contribution in [0.15, 0.2) is 0 Å². The number of carbonyl (C=O) groups is 1. The van der Waals surface area contributed by atoms with Crippen molar-refractivity contribution in [1.29, 1.82) is 5.26 Å². The Labute approximate surface area is 114 Å². The average molecular weight is 282 g/mol. The fourth-order valence-corrected chi connectivity index (χ4v) is 3.89. The molecular formula is C11H14N4OS2. The highest BCUT2D eigenvalue weighted by Gasteiger charge is 2.24. The number of amides is 1. The second kappa shape index (κ2) is 5.50. The van der Waals surface area contributed by atoms with E-state index in [1.165, 1.54) is 11.3 Å². The minimum atomic E-state index is -0.558. The van der Waals surface area contributed by atoms with Crippen LogP contribution in [0, 0.1) is 11.3 Å². The molecule has 1 amide bonds. The number of nitrogens with two attached hydrogens (primary N) is 2. The molecule has 0 spiro atoms. The summed E-state index contributed by atoms with van der Waals surface area (Å²) in [5.74, 6) is 1.57. The quantitative estimate of drug-likeness (QED) is 0.851. The number of rotatable bonds is 2. The Morgan fingerprint density at radius 1 is 1.39 bits per heavy atom. The van der Waals surface area contributed by atoms with Gasteiger partial charge in [0.2, 0.25) is 0 Å². The van der Waals surface area contributed by atoms with Crippen LogP contribution in [0.4, 0.5) is 10.7 Å². The predicted molar refractivity (Wildman–Crippen MR) is 76.1 cm³/mol. The normalized spacial score (nSPS) is 16.1.